The molecule has 2 aromatic carbocycles. The molecule has 0 saturated heterocycles. The van der Waals surface area contributed by atoms with Gasteiger partial charge in [-0.1, -0.05) is 42.5 Å². The summed E-state index contributed by atoms with van der Waals surface area (Å²) < 4.78 is 32.5. The second-order valence-electron chi connectivity index (χ2n) is 12.7. The van der Waals surface area contributed by atoms with Crippen LogP contribution in [0.4, 0.5) is 0 Å². The summed E-state index contributed by atoms with van der Waals surface area (Å²) in [5.74, 6) is -0.0849. The van der Waals surface area contributed by atoms with E-state index in [0.29, 0.717) is 17.8 Å². The van der Waals surface area contributed by atoms with E-state index < -0.39 is 26.2 Å². The van der Waals surface area contributed by atoms with Gasteiger partial charge in [0, 0.05) is 12.3 Å². The van der Waals surface area contributed by atoms with E-state index in [2.05, 4.69) is 29.3 Å². The highest BCUT2D eigenvalue weighted by Gasteiger charge is 2.53. The fourth-order valence-electron chi connectivity index (χ4n) is 5.38. The molecule has 0 aliphatic heterocycles. The number of ether oxygens (including phenoxy) is 1. The topological polar surface area (TPSA) is 131 Å². The molecule has 2 fully saturated rings. The lowest BCUT2D eigenvalue weighted by Crippen LogP contribution is -2.50. The zero-order chi connectivity index (χ0) is 31.6. The Balaban J connectivity index is 1.60. The molecular formula is C33H44N4O5S. The average molecular weight is 609 g/mol. The number of methoxy groups -OCH3 is 1. The van der Waals surface area contributed by atoms with Crippen molar-refractivity contribution in [3.63, 3.8) is 0 Å². The van der Waals surface area contributed by atoms with Gasteiger partial charge < -0.3 is 15.4 Å². The smallest absolute Gasteiger partial charge is 0.283 e. The molecule has 2 saturated carbocycles. The Bertz CT molecular complexity index is 1510. The van der Waals surface area contributed by atoms with Crippen LogP contribution in [0.15, 0.2) is 70.9 Å². The van der Waals surface area contributed by atoms with Crippen LogP contribution in [0.1, 0.15) is 77.8 Å². The van der Waals surface area contributed by atoms with Crippen LogP contribution in [0.2, 0.25) is 0 Å². The van der Waals surface area contributed by atoms with E-state index in [0.717, 1.165) is 43.4 Å². The van der Waals surface area contributed by atoms with Crippen LogP contribution < -0.4 is 15.2 Å². The Morgan fingerprint density at radius 1 is 0.977 bits per heavy atom. The summed E-state index contributed by atoms with van der Waals surface area (Å²) in [6, 6.07) is 18.1. The molecule has 2 amide bonds. The Morgan fingerprint density at radius 3 is 2.07 bits per heavy atom. The average Bonchev–Trinajstić information content (AvgIpc) is 3.89. The highest BCUT2D eigenvalue weighted by molar-refractivity contribution is 7.91. The molecule has 0 spiro atoms. The van der Waals surface area contributed by atoms with Crippen molar-refractivity contribution in [2.24, 2.45) is 10.7 Å². The molecule has 2 aliphatic carbocycles. The minimum atomic E-state index is -4.14. The van der Waals surface area contributed by atoms with Crippen molar-refractivity contribution in [2.75, 3.05) is 20.2 Å². The Hall–Kier alpha value is -3.50. The molecule has 2 aromatic rings. The van der Waals surface area contributed by atoms with Crippen LogP contribution in [-0.2, 0) is 30.4 Å². The third-order valence-corrected chi connectivity index (χ3v) is 10.4. The molecule has 10 heteroatoms. The number of sulfonamides is 1. The second kappa shape index (κ2) is 12.2. The van der Waals surface area contributed by atoms with Gasteiger partial charge in [0.1, 0.15) is 16.3 Å². The van der Waals surface area contributed by atoms with Crippen molar-refractivity contribution in [3.05, 3.63) is 77.0 Å². The number of aliphatic imine (C=N–C) groups is 1. The van der Waals surface area contributed by atoms with Crippen molar-refractivity contribution in [3.8, 4) is 5.75 Å². The summed E-state index contributed by atoms with van der Waals surface area (Å²) in [5, 5.41) is 0. The standard InChI is InChI=1S/C33H44N4O5S/c1-23(2)28(29(38)36-43(40,41)31(4,5)34)35-24(3)22-37(21-20-32(16-17-32)25-10-8-7-9-11-25)30(39)33(18-19-33)26-12-14-27(42-6)15-13-26/h7-15H,16-22,34H2,1-6H3,(H,36,38)/b35-24+. The van der Waals surface area contributed by atoms with Crippen molar-refractivity contribution in [1.82, 2.24) is 9.62 Å². The van der Waals surface area contributed by atoms with Gasteiger partial charge in [-0.15, -0.1) is 0 Å². The number of allylic oxidation sites excluding steroid dienone is 1. The number of nitrogens with one attached hydrogen (secondary N) is 1. The first-order valence-corrected chi connectivity index (χ1v) is 16.2. The van der Waals surface area contributed by atoms with E-state index in [9.17, 15) is 18.0 Å². The number of rotatable bonds is 13. The van der Waals surface area contributed by atoms with E-state index >= 15 is 0 Å². The molecule has 3 N–H and O–H groups in total. The zero-order valence-electron chi connectivity index (χ0n) is 26.1. The fraction of sp³-hybridized carbons (Fsp3) is 0.485. The lowest BCUT2D eigenvalue weighted by atomic mass is 9.91. The number of amides is 2. The molecule has 2 aliphatic rings. The van der Waals surface area contributed by atoms with E-state index in [1.54, 1.807) is 27.9 Å². The predicted octanol–water partition coefficient (Wildman–Crippen LogP) is 4.57. The highest BCUT2D eigenvalue weighted by atomic mass is 32.2. The van der Waals surface area contributed by atoms with Gasteiger partial charge in [-0.2, -0.15) is 0 Å². The largest absolute Gasteiger partial charge is 0.497 e. The van der Waals surface area contributed by atoms with Crippen LogP contribution in [-0.4, -0.2) is 55.9 Å². The number of carbonyl (C=O) groups excluding carboxylic acids is 2. The van der Waals surface area contributed by atoms with Gasteiger partial charge in [0.05, 0.1) is 19.1 Å². The maximum atomic E-state index is 14.3. The van der Waals surface area contributed by atoms with E-state index in [1.807, 2.05) is 40.0 Å². The van der Waals surface area contributed by atoms with E-state index in [-0.39, 0.29) is 23.6 Å². The summed E-state index contributed by atoms with van der Waals surface area (Å²) >= 11 is 0. The minimum absolute atomic E-state index is 0.0167. The molecule has 0 bridgehead atoms. The number of benzene rings is 2. The van der Waals surface area contributed by atoms with Gasteiger partial charge in [-0.25, -0.2) is 13.1 Å². The highest BCUT2D eigenvalue weighted by Crippen LogP contribution is 2.52. The maximum Gasteiger partial charge on any atom is 0.283 e. The van der Waals surface area contributed by atoms with Crippen LogP contribution in [0.3, 0.4) is 0 Å². The number of hydrogen-bond donors (Lipinski definition) is 2. The number of carbonyl (C=O) groups is 2. The summed E-state index contributed by atoms with van der Waals surface area (Å²) in [6.45, 7) is 8.49. The molecule has 0 aromatic heterocycles. The molecular weight excluding hydrogens is 564 g/mol. The third kappa shape index (κ3) is 7.18. The van der Waals surface area contributed by atoms with Gasteiger partial charge in [-0.05, 0) is 101 Å². The quantitative estimate of drug-likeness (QED) is 0.253. The fourth-order valence-corrected chi connectivity index (χ4v) is 5.99. The van der Waals surface area contributed by atoms with Gasteiger partial charge in [0.15, 0.2) is 0 Å². The molecule has 0 atom stereocenters. The molecule has 0 unspecified atom stereocenters. The molecule has 43 heavy (non-hydrogen) atoms. The summed E-state index contributed by atoms with van der Waals surface area (Å²) in [4.78, 5) is 32.1. The molecule has 0 heterocycles. The van der Waals surface area contributed by atoms with Crippen LogP contribution >= 0.6 is 0 Å². The molecule has 9 nitrogen and oxygen atoms in total. The van der Waals surface area contributed by atoms with Crippen LogP contribution in [0, 0.1) is 0 Å². The summed E-state index contributed by atoms with van der Waals surface area (Å²) in [5.41, 5.74) is 8.50. The maximum absolute atomic E-state index is 14.3. The van der Waals surface area contributed by atoms with Crippen LogP contribution in [0.25, 0.3) is 0 Å². The Labute approximate surface area is 255 Å². The molecule has 232 valence electrons. The van der Waals surface area contributed by atoms with Crippen molar-refractivity contribution < 1.29 is 22.7 Å². The third-order valence-electron chi connectivity index (χ3n) is 8.52. The number of nitrogens with two attached hydrogens (primary N) is 1. The first-order chi connectivity index (χ1) is 20.1. The van der Waals surface area contributed by atoms with Crippen molar-refractivity contribution >= 4 is 27.5 Å². The monoisotopic (exact) mass is 608 g/mol. The Morgan fingerprint density at radius 2 is 1.58 bits per heavy atom. The summed E-state index contributed by atoms with van der Waals surface area (Å²) in [7, 11) is -2.52. The van der Waals surface area contributed by atoms with Crippen molar-refractivity contribution in [2.45, 2.75) is 82.4 Å². The van der Waals surface area contributed by atoms with Gasteiger partial charge in [0.25, 0.3) is 15.9 Å². The zero-order valence-corrected chi connectivity index (χ0v) is 26.9. The number of nitrogens with zero attached hydrogens (tertiary/aromatic N) is 2. The molecule has 4 rings (SSSR count). The second-order valence-corrected chi connectivity index (χ2v) is 14.9. The van der Waals surface area contributed by atoms with Crippen molar-refractivity contribution in [1.29, 1.82) is 0 Å². The van der Waals surface area contributed by atoms with Gasteiger partial charge >= 0.3 is 0 Å². The first-order valence-electron chi connectivity index (χ1n) is 14.7. The van der Waals surface area contributed by atoms with Gasteiger partial charge in [-0.3, -0.25) is 14.6 Å². The Kier molecular flexibility index (Phi) is 9.23. The van der Waals surface area contributed by atoms with E-state index in [1.165, 1.54) is 19.4 Å². The van der Waals surface area contributed by atoms with Crippen LogP contribution in [0.5, 0.6) is 5.75 Å². The number of hydrogen-bond acceptors (Lipinski definition) is 7. The lowest BCUT2D eigenvalue weighted by Gasteiger charge is -2.30. The SMILES string of the molecule is COc1ccc(C2(C(=O)N(CCC3(c4ccccc4)CC3)C/C(C)=N/C(C(=O)NS(=O)(=O)C(C)(C)N)=C(C)C)CC2)cc1. The molecule has 0 radical (unpaired) electrons. The normalized spacial score (nSPS) is 17.0. The lowest BCUT2D eigenvalue weighted by molar-refractivity contribution is -0.133. The van der Waals surface area contributed by atoms with E-state index in [4.69, 9.17) is 10.5 Å². The van der Waals surface area contributed by atoms with Gasteiger partial charge in [0.2, 0.25) is 5.91 Å². The first kappa shape index (κ1) is 32.4. The summed E-state index contributed by atoms with van der Waals surface area (Å²) in [6.07, 6.45) is 4.47. The predicted molar refractivity (Wildman–Crippen MR) is 169 cm³/mol. The minimum Gasteiger partial charge on any atom is -0.497 e.